The van der Waals surface area contributed by atoms with Crippen LogP contribution in [-0.4, -0.2) is 66.0 Å². The lowest BCUT2D eigenvalue weighted by molar-refractivity contribution is -0.0790. The van der Waals surface area contributed by atoms with Gasteiger partial charge in [-0.3, -0.25) is 0 Å². The lowest BCUT2D eigenvalue weighted by Crippen LogP contribution is -2.46. The summed E-state index contributed by atoms with van der Waals surface area (Å²) in [6.45, 7) is 6.57. The van der Waals surface area contributed by atoms with Crippen LogP contribution in [0.15, 0.2) is 24.3 Å². The summed E-state index contributed by atoms with van der Waals surface area (Å²) in [4.78, 5) is 19.6. The minimum absolute atomic E-state index is 0.0612. The van der Waals surface area contributed by atoms with E-state index in [4.69, 9.17) is 4.74 Å². The van der Waals surface area contributed by atoms with Crippen molar-refractivity contribution in [3.63, 3.8) is 0 Å². The number of piperidine rings is 1. The monoisotopic (exact) mass is 383 g/mol. The van der Waals surface area contributed by atoms with Crippen LogP contribution in [-0.2, 0) is 16.9 Å². The fraction of sp³-hybridized carbons (Fsp3) is 0.696. The molecule has 3 aliphatic heterocycles. The molecule has 28 heavy (non-hydrogen) atoms. The fourth-order valence-corrected chi connectivity index (χ4v) is 5.74. The highest BCUT2D eigenvalue weighted by Gasteiger charge is 2.42. The lowest BCUT2D eigenvalue weighted by atomic mass is 9.84. The Bertz CT molecular complexity index is 708. The Hall–Kier alpha value is -1.59. The minimum Gasteiger partial charge on any atom is -0.365 e. The normalized spacial score (nSPS) is 25.6. The number of amides is 2. The van der Waals surface area contributed by atoms with E-state index >= 15 is 0 Å². The molecule has 1 aromatic carbocycles. The fourth-order valence-electron chi connectivity index (χ4n) is 5.74. The Morgan fingerprint density at radius 3 is 2.57 bits per heavy atom. The van der Waals surface area contributed by atoms with Crippen LogP contribution in [0.4, 0.5) is 4.79 Å². The number of fused-ring (bicyclic) bond motifs is 2. The van der Waals surface area contributed by atoms with E-state index < -0.39 is 0 Å². The van der Waals surface area contributed by atoms with Gasteiger partial charge < -0.3 is 19.4 Å². The van der Waals surface area contributed by atoms with Gasteiger partial charge in [0.25, 0.3) is 0 Å². The van der Waals surface area contributed by atoms with Crippen LogP contribution in [0, 0.1) is 0 Å². The molecule has 1 spiro atoms. The molecule has 1 saturated carbocycles. The maximum atomic E-state index is 12.8. The Balaban J connectivity index is 1.12. The van der Waals surface area contributed by atoms with Crippen LogP contribution >= 0.6 is 0 Å². The molecule has 0 bridgehead atoms. The summed E-state index contributed by atoms with van der Waals surface area (Å²) >= 11 is 0. The summed E-state index contributed by atoms with van der Waals surface area (Å²) in [6, 6.07) is 9.49. The third-order valence-electron chi connectivity index (χ3n) is 7.50. The number of urea groups is 1. The van der Waals surface area contributed by atoms with Crippen molar-refractivity contribution in [1.82, 2.24) is 14.7 Å². The van der Waals surface area contributed by atoms with Crippen LogP contribution < -0.4 is 0 Å². The second-order valence-electron chi connectivity index (χ2n) is 9.04. The van der Waals surface area contributed by atoms with E-state index in [1.165, 1.54) is 43.2 Å². The molecular weight excluding hydrogens is 350 g/mol. The number of ether oxygens (including phenoxy) is 1. The van der Waals surface area contributed by atoms with Crippen molar-refractivity contribution < 1.29 is 9.53 Å². The number of nitrogens with zero attached hydrogens (tertiary/aromatic N) is 3. The molecule has 5 heteroatoms. The van der Waals surface area contributed by atoms with Gasteiger partial charge in [0.15, 0.2) is 0 Å². The molecule has 3 heterocycles. The van der Waals surface area contributed by atoms with Crippen LogP contribution in [0.1, 0.15) is 56.1 Å². The molecule has 5 rings (SSSR count). The van der Waals surface area contributed by atoms with Crippen LogP contribution in [0.2, 0.25) is 0 Å². The molecule has 1 aliphatic carbocycles. The topological polar surface area (TPSA) is 36.0 Å². The van der Waals surface area contributed by atoms with E-state index in [1.54, 1.807) is 0 Å². The Morgan fingerprint density at radius 1 is 0.964 bits per heavy atom. The quantitative estimate of drug-likeness (QED) is 0.797. The van der Waals surface area contributed by atoms with E-state index in [0.717, 1.165) is 58.7 Å². The van der Waals surface area contributed by atoms with Crippen molar-refractivity contribution in [3.8, 4) is 0 Å². The van der Waals surface area contributed by atoms with E-state index in [-0.39, 0.29) is 11.6 Å². The van der Waals surface area contributed by atoms with Crippen molar-refractivity contribution in [2.24, 2.45) is 0 Å². The summed E-state index contributed by atoms with van der Waals surface area (Å²) in [6.07, 6.45) is 8.44. The number of carbonyl (C=O) groups excluding carboxylic acids is 1. The van der Waals surface area contributed by atoms with Gasteiger partial charge in [-0.05, 0) is 36.8 Å². The predicted octanol–water partition coefficient (Wildman–Crippen LogP) is 3.58. The summed E-state index contributed by atoms with van der Waals surface area (Å²) in [7, 11) is 0. The molecule has 3 fully saturated rings. The molecule has 2 amide bonds. The first kappa shape index (κ1) is 18.4. The van der Waals surface area contributed by atoms with Crippen molar-refractivity contribution >= 4 is 6.03 Å². The van der Waals surface area contributed by atoms with E-state index in [1.807, 2.05) is 0 Å². The minimum atomic E-state index is -0.0612. The van der Waals surface area contributed by atoms with Crippen LogP contribution in [0.3, 0.4) is 0 Å². The standard InChI is InChI=1S/C23H33N3O2/c27-22-25(16-17-26(22)20-7-2-1-3-8-20)15-14-24-12-10-23(11-13-24)21-9-5-4-6-19(21)18-28-23/h4-6,9,20H,1-3,7-8,10-18H2. The van der Waals surface area contributed by atoms with Gasteiger partial charge in [0.05, 0.1) is 12.2 Å². The third kappa shape index (κ3) is 3.33. The first-order chi connectivity index (χ1) is 13.8. The molecule has 152 valence electrons. The number of hydrogen-bond acceptors (Lipinski definition) is 3. The SMILES string of the molecule is O=C1N(CCN2CCC3(CC2)OCc2ccccc23)CCN1C1CCCCC1. The second-order valence-corrected chi connectivity index (χ2v) is 9.04. The predicted molar refractivity (Wildman–Crippen MR) is 109 cm³/mol. The van der Waals surface area contributed by atoms with Gasteiger partial charge in [0, 0.05) is 45.3 Å². The molecular formula is C23H33N3O2. The number of carbonyl (C=O) groups is 1. The largest absolute Gasteiger partial charge is 0.365 e. The van der Waals surface area contributed by atoms with Crippen LogP contribution in [0.25, 0.3) is 0 Å². The molecule has 4 aliphatic rings. The Labute approximate surface area is 168 Å². The lowest BCUT2D eigenvalue weighted by Gasteiger charge is -2.39. The Kier molecular flexibility index (Phi) is 5.06. The summed E-state index contributed by atoms with van der Waals surface area (Å²) in [5.41, 5.74) is 2.71. The third-order valence-corrected chi connectivity index (χ3v) is 7.50. The highest BCUT2D eigenvalue weighted by molar-refractivity contribution is 5.76. The average molecular weight is 384 g/mol. The molecule has 0 radical (unpaired) electrons. The number of rotatable bonds is 4. The highest BCUT2D eigenvalue weighted by Crippen LogP contribution is 2.43. The van der Waals surface area contributed by atoms with Crippen molar-refractivity contribution in [2.45, 2.75) is 63.2 Å². The van der Waals surface area contributed by atoms with Gasteiger partial charge in [-0.2, -0.15) is 0 Å². The number of likely N-dealkylation sites (tertiary alicyclic amines) is 1. The van der Waals surface area contributed by atoms with E-state index in [2.05, 4.69) is 39.0 Å². The molecule has 0 unspecified atom stereocenters. The van der Waals surface area contributed by atoms with E-state index in [0.29, 0.717) is 6.04 Å². The maximum absolute atomic E-state index is 12.8. The van der Waals surface area contributed by atoms with Gasteiger partial charge in [-0.25, -0.2) is 4.79 Å². The summed E-state index contributed by atoms with van der Waals surface area (Å²) in [5.74, 6) is 0. The zero-order valence-electron chi connectivity index (χ0n) is 16.9. The second kappa shape index (κ2) is 7.68. The highest BCUT2D eigenvalue weighted by atomic mass is 16.5. The van der Waals surface area contributed by atoms with Crippen molar-refractivity contribution in [3.05, 3.63) is 35.4 Å². The first-order valence-corrected chi connectivity index (χ1v) is 11.3. The van der Waals surface area contributed by atoms with Gasteiger partial charge in [-0.15, -0.1) is 0 Å². The molecule has 0 N–H and O–H groups in total. The average Bonchev–Trinajstić information content (AvgIpc) is 3.30. The first-order valence-electron chi connectivity index (χ1n) is 11.3. The molecule has 5 nitrogen and oxygen atoms in total. The van der Waals surface area contributed by atoms with Gasteiger partial charge in [0.1, 0.15) is 0 Å². The van der Waals surface area contributed by atoms with Crippen molar-refractivity contribution in [1.29, 1.82) is 0 Å². The number of hydrogen-bond donors (Lipinski definition) is 0. The molecule has 0 atom stereocenters. The maximum Gasteiger partial charge on any atom is 0.320 e. The van der Waals surface area contributed by atoms with Crippen LogP contribution in [0.5, 0.6) is 0 Å². The van der Waals surface area contributed by atoms with Crippen molar-refractivity contribution in [2.75, 3.05) is 39.3 Å². The summed E-state index contributed by atoms with van der Waals surface area (Å²) < 4.78 is 6.28. The smallest absolute Gasteiger partial charge is 0.320 e. The van der Waals surface area contributed by atoms with Gasteiger partial charge in [0.2, 0.25) is 0 Å². The zero-order valence-corrected chi connectivity index (χ0v) is 16.9. The van der Waals surface area contributed by atoms with E-state index in [9.17, 15) is 4.79 Å². The molecule has 1 aromatic rings. The van der Waals surface area contributed by atoms with Gasteiger partial charge >= 0.3 is 6.03 Å². The van der Waals surface area contributed by atoms with Gasteiger partial charge in [-0.1, -0.05) is 43.5 Å². The zero-order chi connectivity index (χ0) is 19.0. The molecule has 0 aromatic heterocycles. The number of benzene rings is 1. The molecule has 2 saturated heterocycles. The summed E-state index contributed by atoms with van der Waals surface area (Å²) in [5, 5.41) is 0. The Morgan fingerprint density at radius 2 is 1.75 bits per heavy atom.